The van der Waals surface area contributed by atoms with E-state index in [9.17, 15) is 9.59 Å². The minimum absolute atomic E-state index is 0.0129. The van der Waals surface area contributed by atoms with Gasteiger partial charge in [-0.1, -0.05) is 22.0 Å². The van der Waals surface area contributed by atoms with Gasteiger partial charge < -0.3 is 4.90 Å². The zero-order valence-electron chi connectivity index (χ0n) is 9.21. The molecule has 1 saturated heterocycles. The fraction of sp³-hybridized carbons (Fsp3) is 0.333. The second kappa shape index (κ2) is 4.01. The molecule has 2 rings (SSSR count). The first-order chi connectivity index (χ1) is 7.49. The van der Waals surface area contributed by atoms with E-state index in [-0.39, 0.29) is 24.7 Å². The molecule has 3 nitrogen and oxygen atoms in total. The molecule has 1 aliphatic heterocycles. The van der Waals surface area contributed by atoms with E-state index >= 15 is 0 Å². The van der Waals surface area contributed by atoms with Gasteiger partial charge in [-0.05, 0) is 31.0 Å². The molecule has 1 aromatic carbocycles. The fourth-order valence-electron chi connectivity index (χ4n) is 1.91. The highest BCUT2D eigenvalue weighted by Crippen LogP contribution is 2.29. The first-order valence-corrected chi connectivity index (χ1v) is 5.87. The molecule has 0 aromatic heterocycles. The third-order valence-electron chi connectivity index (χ3n) is 2.75. The van der Waals surface area contributed by atoms with Crippen molar-refractivity contribution in [3.63, 3.8) is 0 Å². The zero-order valence-corrected chi connectivity index (χ0v) is 10.8. The van der Waals surface area contributed by atoms with Crippen molar-refractivity contribution in [2.75, 3.05) is 11.4 Å². The molecule has 0 saturated carbocycles. The third-order valence-corrected chi connectivity index (χ3v) is 3.61. The summed E-state index contributed by atoms with van der Waals surface area (Å²) in [5, 5.41) is 0. The van der Waals surface area contributed by atoms with E-state index in [4.69, 9.17) is 0 Å². The molecule has 0 bridgehead atoms. The maximum atomic E-state index is 11.6. The van der Waals surface area contributed by atoms with Crippen molar-refractivity contribution in [1.82, 2.24) is 0 Å². The number of hydrogen-bond acceptors (Lipinski definition) is 2. The number of hydrogen-bond donors (Lipinski definition) is 0. The van der Waals surface area contributed by atoms with Crippen LogP contribution in [0, 0.1) is 13.8 Å². The second-order valence-electron chi connectivity index (χ2n) is 4.08. The lowest BCUT2D eigenvalue weighted by Crippen LogP contribution is -2.25. The van der Waals surface area contributed by atoms with Crippen molar-refractivity contribution < 1.29 is 9.59 Å². The standard InChI is InChI=1S/C12H12BrNO2/c1-7-3-8(2)11(5-10(7)13)14-6-9(15)4-12(14)16/h3,5H,4,6H2,1-2H3. The second-order valence-corrected chi connectivity index (χ2v) is 4.94. The molecule has 0 radical (unpaired) electrons. The Balaban J connectivity index is 2.45. The summed E-state index contributed by atoms with van der Waals surface area (Å²) in [5.41, 5.74) is 2.97. The van der Waals surface area contributed by atoms with E-state index in [0.717, 1.165) is 21.3 Å². The molecule has 16 heavy (non-hydrogen) atoms. The largest absolute Gasteiger partial charge is 0.304 e. The number of amides is 1. The maximum absolute atomic E-state index is 11.6. The summed E-state index contributed by atoms with van der Waals surface area (Å²) in [6.07, 6.45) is 0.0327. The van der Waals surface area contributed by atoms with E-state index < -0.39 is 0 Å². The molecule has 0 atom stereocenters. The number of aryl methyl sites for hydroxylation is 2. The molecule has 1 fully saturated rings. The molecule has 1 aliphatic rings. The highest BCUT2D eigenvalue weighted by atomic mass is 79.9. The van der Waals surface area contributed by atoms with Crippen LogP contribution in [-0.4, -0.2) is 18.2 Å². The van der Waals surface area contributed by atoms with E-state index in [1.807, 2.05) is 26.0 Å². The number of halogens is 1. The van der Waals surface area contributed by atoms with Crippen LogP contribution in [0.4, 0.5) is 5.69 Å². The Morgan fingerprint density at radius 2 is 1.88 bits per heavy atom. The van der Waals surface area contributed by atoms with Gasteiger partial charge in [0.05, 0.1) is 13.0 Å². The first-order valence-electron chi connectivity index (χ1n) is 5.08. The highest BCUT2D eigenvalue weighted by molar-refractivity contribution is 9.10. The summed E-state index contributed by atoms with van der Waals surface area (Å²) in [4.78, 5) is 24.4. The molecule has 1 aromatic rings. The summed E-state index contributed by atoms with van der Waals surface area (Å²) in [5.74, 6) is -0.120. The van der Waals surface area contributed by atoms with Crippen LogP contribution in [0.5, 0.6) is 0 Å². The predicted octanol–water partition coefficient (Wildman–Crippen LogP) is 2.37. The van der Waals surface area contributed by atoms with Crippen molar-refractivity contribution in [1.29, 1.82) is 0 Å². The van der Waals surface area contributed by atoms with Crippen LogP contribution in [0.1, 0.15) is 17.5 Å². The molecule has 1 amide bonds. The molecule has 84 valence electrons. The number of anilines is 1. The Morgan fingerprint density at radius 1 is 1.19 bits per heavy atom. The molecule has 1 heterocycles. The maximum Gasteiger partial charge on any atom is 0.234 e. The number of carbonyl (C=O) groups excluding carboxylic acids is 2. The lowest BCUT2D eigenvalue weighted by molar-refractivity contribution is -0.121. The summed E-state index contributed by atoms with van der Waals surface area (Å²) < 4.78 is 0.959. The van der Waals surface area contributed by atoms with Gasteiger partial charge in [-0.2, -0.15) is 0 Å². The Labute approximate surface area is 103 Å². The third kappa shape index (κ3) is 1.89. The van der Waals surface area contributed by atoms with Crippen molar-refractivity contribution in [2.24, 2.45) is 0 Å². The van der Waals surface area contributed by atoms with E-state index in [1.165, 1.54) is 0 Å². The van der Waals surface area contributed by atoms with Gasteiger partial charge in [0.1, 0.15) is 0 Å². The van der Waals surface area contributed by atoms with Crippen LogP contribution in [-0.2, 0) is 9.59 Å². The number of nitrogens with zero attached hydrogens (tertiary/aromatic N) is 1. The van der Waals surface area contributed by atoms with Crippen LogP contribution >= 0.6 is 15.9 Å². The highest BCUT2D eigenvalue weighted by Gasteiger charge is 2.29. The van der Waals surface area contributed by atoms with E-state index in [0.29, 0.717) is 0 Å². The van der Waals surface area contributed by atoms with Crippen LogP contribution in [0.2, 0.25) is 0 Å². The van der Waals surface area contributed by atoms with Gasteiger partial charge in [0.25, 0.3) is 0 Å². The molecule has 4 heteroatoms. The average molecular weight is 282 g/mol. The van der Waals surface area contributed by atoms with Gasteiger partial charge in [-0.25, -0.2) is 0 Å². The van der Waals surface area contributed by atoms with Crippen molar-refractivity contribution in [3.8, 4) is 0 Å². The topological polar surface area (TPSA) is 37.4 Å². The molecule has 0 aliphatic carbocycles. The molecular formula is C12H12BrNO2. The average Bonchev–Trinajstić information content (AvgIpc) is 2.51. The number of carbonyl (C=O) groups is 2. The number of Topliss-reactive ketones (excluding diaryl/α,β-unsaturated/α-hetero) is 1. The van der Waals surface area contributed by atoms with Crippen LogP contribution in [0.15, 0.2) is 16.6 Å². The summed E-state index contributed by atoms with van der Waals surface area (Å²) in [7, 11) is 0. The van der Waals surface area contributed by atoms with Gasteiger partial charge in [0.15, 0.2) is 5.78 Å². The summed E-state index contributed by atoms with van der Waals surface area (Å²) in [6, 6.07) is 3.91. The lowest BCUT2D eigenvalue weighted by atomic mass is 10.1. The quantitative estimate of drug-likeness (QED) is 0.742. The van der Waals surface area contributed by atoms with Crippen LogP contribution in [0.3, 0.4) is 0 Å². The number of rotatable bonds is 1. The van der Waals surface area contributed by atoms with Gasteiger partial charge in [0.2, 0.25) is 5.91 Å². The van der Waals surface area contributed by atoms with Crippen molar-refractivity contribution >= 4 is 33.3 Å². The molecular weight excluding hydrogens is 270 g/mol. The molecule has 0 spiro atoms. The minimum Gasteiger partial charge on any atom is -0.304 e. The van der Waals surface area contributed by atoms with Gasteiger partial charge in [-0.15, -0.1) is 0 Å². The van der Waals surface area contributed by atoms with Crippen LogP contribution < -0.4 is 4.90 Å². The number of ketones is 1. The van der Waals surface area contributed by atoms with E-state index in [1.54, 1.807) is 4.90 Å². The smallest absolute Gasteiger partial charge is 0.234 e. The fourth-order valence-corrected chi connectivity index (χ4v) is 2.24. The van der Waals surface area contributed by atoms with Gasteiger partial charge in [0, 0.05) is 10.2 Å². The van der Waals surface area contributed by atoms with Crippen molar-refractivity contribution in [2.45, 2.75) is 20.3 Å². The Kier molecular flexibility index (Phi) is 2.84. The molecule has 0 N–H and O–H groups in total. The van der Waals surface area contributed by atoms with Crippen LogP contribution in [0.25, 0.3) is 0 Å². The van der Waals surface area contributed by atoms with Crippen molar-refractivity contribution in [3.05, 3.63) is 27.7 Å². The monoisotopic (exact) mass is 281 g/mol. The van der Waals surface area contributed by atoms with Gasteiger partial charge in [-0.3, -0.25) is 9.59 Å². The normalized spacial score (nSPS) is 16.1. The minimum atomic E-state index is -0.108. The Hall–Kier alpha value is -1.16. The lowest BCUT2D eigenvalue weighted by Gasteiger charge is -2.18. The molecule has 0 unspecified atom stereocenters. The Morgan fingerprint density at radius 3 is 2.44 bits per heavy atom. The SMILES string of the molecule is Cc1cc(C)c(N2CC(=O)CC2=O)cc1Br. The van der Waals surface area contributed by atoms with E-state index in [2.05, 4.69) is 15.9 Å². The summed E-state index contributed by atoms with van der Waals surface area (Å²) >= 11 is 3.44. The zero-order chi connectivity index (χ0) is 11.9. The first kappa shape index (κ1) is 11.3. The summed E-state index contributed by atoms with van der Waals surface area (Å²) in [6.45, 7) is 4.15. The Bertz CT molecular complexity index is 482. The predicted molar refractivity (Wildman–Crippen MR) is 65.6 cm³/mol. The van der Waals surface area contributed by atoms with Gasteiger partial charge >= 0.3 is 0 Å². The number of benzene rings is 1.